The lowest BCUT2D eigenvalue weighted by molar-refractivity contribution is 0.165. The highest BCUT2D eigenvalue weighted by Crippen LogP contribution is 2.36. The number of alkyl halides is 2. The van der Waals surface area contributed by atoms with Crippen molar-refractivity contribution in [1.82, 2.24) is 0 Å². The molecule has 0 saturated carbocycles. The van der Waals surface area contributed by atoms with E-state index in [9.17, 15) is 22.3 Å². The van der Waals surface area contributed by atoms with Crippen molar-refractivity contribution >= 4 is 15.5 Å². The van der Waals surface area contributed by atoms with E-state index in [2.05, 4.69) is 5.32 Å². The number of nitrogens with one attached hydrogen (secondary N) is 1. The largest absolute Gasteiger partial charge is 0.390 e. The standard InChI is InChI=1S/C16H15F2NO3S/c17-16(18)23(21,22)14-8-4-3-7-12(14)19-15-11-6-2-1-5-10(11)9-13(15)20/h1-8,13,15-16,19-20H,9H2/t13-,15+/m1/s1. The maximum Gasteiger partial charge on any atom is 0.341 e. The summed E-state index contributed by atoms with van der Waals surface area (Å²) in [6, 6.07) is 12.3. The summed E-state index contributed by atoms with van der Waals surface area (Å²) in [6.07, 6.45) is -0.327. The van der Waals surface area contributed by atoms with Gasteiger partial charge in [0.25, 0.3) is 0 Å². The van der Waals surface area contributed by atoms with Crippen LogP contribution in [0.4, 0.5) is 14.5 Å². The van der Waals surface area contributed by atoms with Gasteiger partial charge in [-0.15, -0.1) is 0 Å². The van der Waals surface area contributed by atoms with Gasteiger partial charge in [0.05, 0.1) is 22.7 Å². The molecule has 0 radical (unpaired) electrons. The normalized spacial score (nSPS) is 20.5. The van der Waals surface area contributed by atoms with Crippen molar-refractivity contribution in [3.8, 4) is 0 Å². The van der Waals surface area contributed by atoms with Gasteiger partial charge in [0.15, 0.2) is 0 Å². The molecule has 0 aromatic heterocycles. The first kappa shape index (κ1) is 15.9. The van der Waals surface area contributed by atoms with Gasteiger partial charge in [0.1, 0.15) is 0 Å². The Morgan fingerprint density at radius 1 is 1.09 bits per heavy atom. The summed E-state index contributed by atoms with van der Waals surface area (Å²) in [5, 5.41) is 13.1. The van der Waals surface area contributed by atoms with Crippen LogP contribution >= 0.6 is 0 Å². The molecule has 0 fully saturated rings. The van der Waals surface area contributed by atoms with Crippen molar-refractivity contribution in [3.05, 3.63) is 59.7 Å². The highest BCUT2D eigenvalue weighted by atomic mass is 32.2. The monoisotopic (exact) mass is 339 g/mol. The minimum Gasteiger partial charge on any atom is -0.390 e. The predicted molar refractivity (Wildman–Crippen MR) is 82.1 cm³/mol. The van der Waals surface area contributed by atoms with Crippen LogP contribution in [0, 0.1) is 0 Å². The molecule has 0 aliphatic heterocycles. The van der Waals surface area contributed by atoms with E-state index < -0.39 is 32.6 Å². The van der Waals surface area contributed by atoms with E-state index in [1.807, 2.05) is 24.3 Å². The number of aliphatic hydroxyl groups excluding tert-OH is 1. The molecule has 2 aromatic rings. The maximum atomic E-state index is 12.8. The van der Waals surface area contributed by atoms with E-state index in [0.29, 0.717) is 6.42 Å². The SMILES string of the molecule is O=S(=O)(c1ccccc1N[C@H]1c2ccccc2C[C@H]1O)C(F)F. The minimum absolute atomic E-state index is 0.0635. The molecule has 2 atom stereocenters. The van der Waals surface area contributed by atoms with Gasteiger partial charge in [-0.2, -0.15) is 8.78 Å². The Bertz CT molecular complexity index is 824. The lowest BCUT2D eigenvalue weighted by Crippen LogP contribution is -2.23. The molecule has 0 unspecified atom stereocenters. The van der Waals surface area contributed by atoms with Crippen LogP contribution in [0.25, 0.3) is 0 Å². The Kier molecular flexibility index (Phi) is 4.08. The zero-order valence-electron chi connectivity index (χ0n) is 12.0. The second-order valence-corrected chi connectivity index (χ2v) is 7.28. The molecule has 2 N–H and O–H groups in total. The topological polar surface area (TPSA) is 66.4 Å². The van der Waals surface area contributed by atoms with E-state index >= 15 is 0 Å². The van der Waals surface area contributed by atoms with Crippen LogP contribution < -0.4 is 5.32 Å². The Labute approximate surface area is 132 Å². The van der Waals surface area contributed by atoms with E-state index in [4.69, 9.17) is 0 Å². The number of rotatable bonds is 4. The molecular weight excluding hydrogens is 324 g/mol. The van der Waals surface area contributed by atoms with Gasteiger partial charge >= 0.3 is 5.76 Å². The van der Waals surface area contributed by atoms with Crippen LogP contribution in [-0.2, 0) is 16.3 Å². The molecule has 1 aliphatic rings. The molecule has 0 bridgehead atoms. The molecule has 2 aromatic carbocycles. The highest BCUT2D eigenvalue weighted by Gasteiger charge is 2.34. The fourth-order valence-electron chi connectivity index (χ4n) is 2.85. The molecule has 4 nitrogen and oxygen atoms in total. The molecule has 3 rings (SSSR count). The summed E-state index contributed by atoms with van der Waals surface area (Å²) in [4.78, 5) is -0.466. The van der Waals surface area contributed by atoms with Crippen molar-refractivity contribution in [3.63, 3.8) is 0 Å². The number of halogens is 2. The summed E-state index contributed by atoms with van der Waals surface area (Å²) in [7, 11) is -4.72. The van der Waals surface area contributed by atoms with Crippen LogP contribution in [0.2, 0.25) is 0 Å². The van der Waals surface area contributed by atoms with Gasteiger partial charge in [0, 0.05) is 6.42 Å². The highest BCUT2D eigenvalue weighted by molar-refractivity contribution is 7.91. The van der Waals surface area contributed by atoms with Gasteiger partial charge in [-0.25, -0.2) is 8.42 Å². The second-order valence-electron chi connectivity index (χ2n) is 5.39. The van der Waals surface area contributed by atoms with Crippen molar-refractivity contribution in [1.29, 1.82) is 0 Å². The number of aliphatic hydroxyl groups is 1. The maximum absolute atomic E-state index is 12.8. The van der Waals surface area contributed by atoms with Gasteiger partial charge < -0.3 is 10.4 Å². The minimum atomic E-state index is -4.72. The number of anilines is 1. The second kappa shape index (κ2) is 5.90. The van der Waals surface area contributed by atoms with Crippen molar-refractivity contribution in [2.45, 2.75) is 29.2 Å². The Morgan fingerprint density at radius 2 is 1.74 bits per heavy atom. The molecule has 0 heterocycles. The van der Waals surface area contributed by atoms with Gasteiger partial charge in [-0.3, -0.25) is 0 Å². The summed E-state index contributed by atoms with van der Waals surface area (Å²) in [6.45, 7) is 0. The number of benzene rings is 2. The molecule has 0 amide bonds. The van der Waals surface area contributed by atoms with Crippen LogP contribution in [0.5, 0.6) is 0 Å². The number of sulfone groups is 1. The molecular formula is C16H15F2NO3S. The lowest BCUT2D eigenvalue weighted by Gasteiger charge is -2.21. The summed E-state index contributed by atoms with van der Waals surface area (Å²) < 4.78 is 49.3. The summed E-state index contributed by atoms with van der Waals surface area (Å²) in [5.41, 5.74) is 1.85. The smallest absolute Gasteiger partial charge is 0.341 e. The van der Waals surface area contributed by atoms with Gasteiger partial charge in [-0.1, -0.05) is 36.4 Å². The van der Waals surface area contributed by atoms with Gasteiger partial charge in [0.2, 0.25) is 9.84 Å². The predicted octanol–water partition coefficient (Wildman–Crippen LogP) is 2.75. The summed E-state index contributed by atoms with van der Waals surface area (Å²) in [5.74, 6) is -3.49. The molecule has 0 saturated heterocycles. The fourth-order valence-corrected chi connectivity index (χ4v) is 3.74. The third-order valence-corrected chi connectivity index (χ3v) is 5.38. The first-order chi connectivity index (χ1) is 10.9. The quantitative estimate of drug-likeness (QED) is 0.899. The molecule has 23 heavy (non-hydrogen) atoms. The van der Waals surface area contributed by atoms with E-state index in [1.165, 1.54) is 12.1 Å². The number of hydrogen-bond acceptors (Lipinski definition) is 4. The molecule has 7 heteroatoms. The van der Waals surface area contributed by atoms with Crippen molar-refractivity contribution < 1.29 is 22.3 Å². The molecule has 122 valence electrons. The van der Waals surface area contributed by atoms with Crippen LogP contribution in [0.3, 0.4) is 0 Å². The first-order valence-corrected chi connectivity index (χ1v) is 8.59. The lowest BCUT2D eigenvalue weighted by atomic mass is 10.1. The van der Waals surface area contributed by atoms with Crippen molar-refractivity contribution in [2.24, 2.45) is 0 Å². The van der Waals surface area contributed by atoms with Crippen LogP contribution in [0.15, 0.2) is 53.4 Å². The Balaban J connectivity index is 1.99. The van der Waals surface area contributed by atoms with Gasteiger partial charge in [-0.05, 0) is 23.3 Å². The third kappa shape index (κ3) is 2.82. The van der Waals surface area contributed by atoms with E-state index in [0.717, 1.165) is 17.2 Å². The summed E-state index contributed by atoms with van der Waals surface area (Å²) >= 11 is 0. The van der Waals surface area contributed by atoms with E-state index in [-0.39, 0.29) is 5.69 Å². The Hall–Kier alpha value is -1.99. The fraction of sp³-hybridized carbons (Fsp3) is 0.250. The van der Waals surface area contributed by atoms with Crippen molar-refractivity contribution in [2.75, 3.05) is 5.32 Å². The first-order valence-electron chi connectivity index (χ1n) is 7.04. The molecule has 1 aliphatic carbocycles. The number of para-hydroxylation sites is 1. The number of fused-ring (bicyclic) bond motifs is 1. The zero-order chi connectivity index (χ0) is 16.6. The van der Waals surface area contributed by atoms with E-state index in [1.54, 1.807) is 6.07 Å². The zero-order valence-corrected chi connectivity index (χ0v) is 12.8. The third-order valence-electron chi connectivity index (χ3n) is 3.94. The number of hydrogen-bond donors (Lipinski definition) is 2. The molecule has 0 spiro atoms. The van der Waals surface area contributed by atoms with Crippen LogP contribution in [-0.4, -0.2) is 25.4 Å². The van der Waals surface area contributed by atoms with Crippen LogP contribution in [0.1, 0.15) is 17.2 Å². The average Bonchev–Trinajstić information content (AvgIpc) is 2.84. The Morgan fingerprint density at radius 3 is 2.48 bits per heavy atom. The average molecular weight is 339 g/mol.